The first-order valence-electron chi connectivity index (χ1n) is 14.9. The van der Waals surface area contributed by atoms with E-state index in [-0.39, 0.29) is 13.2 Å². The molecule has 0 spiro atoms. The first-order valence-corrected chi connectivity index (χ1v) is 19.8. The standard InChI is InChI=1S/C32H38N5O5P3/c1-5-13-29(14-6-1)33-44-35-43(31-17-9-3-10-18-31,32-19-11-4-12-20-32)36-45(37-44,34-30-15-7-2-8-16-30)42-28-26-40-24-22-38-21-23-39-25-27-41-44/h1-20,33-34H,21-28H2. The summed E-state index contributed by atoms with van der Waals surface area (Å²) in [5, 5.41) is 9.27. The van der Waals surface area contributed by atoms with Crippen molar-refractivity contribution in [3.63, 3.8) is 0 Å². The van der Waals surface area contributed by atoms with Crippen molar-refractivity contribution in [2.75, 3.05) is 63.0 Å². The molecule has 0 saturated carbocycles. The van der Waals surface area contributed by atoms with Crippen molar-refractivity contribution >= 4 is 44.4 Å². The quantitative estimate of drug-likeness (QED) is 0.201. The van der Waals surface area contributed by atoms with Crippen LogP contribution in [0.3, 0.4) is 0 Å². The van der Waals surface area contributed by atoms with E-state index in [9.17, 15) is 0 Å². The molecule has 4 aromatic carbocycles. The number of rotatable bonds is 6. The van der Waals surface area contributed by atoms with Gasteiger partial charge in [-0.05, 0) is 24.3 Å². The van der Waals surface area contributed by atoms with Gasteiger partial charge in [-0.15, -0.1) is 0 Å². The monoisotopic (exact) mass is 665 g/mol. The molecule has 2 unspecified atom stereocenters. The molecule has 0 saturated heterocycles. The Labute approximate surface area is 265 Å². The van der Waals surface area contributed by atoms with Crippen LogP contribution in [0, 0.1) is 0 Å². The minimum atomic E-state index is -3.25. The highest BCUT2D eigenvalue weighted by Crippen LogP contribution is 2.77. The van der Waals surface area contributed by atoms with Gasteiger partial charge in [-0.1, -0.05) is 97.1 Å². The molecule has 2 aliphatic rings. The van der Waals surface area contributed by atoms with Crippen LogP contribution < -0.4 is 20.8 Å². The maximum atomic E-state index is 6.81. The van der Waals surface area contributed by atoms with Crippen LogP contribution in [0.25, 0.3) is 0 Å². The molecule has 2 N–H and O–H groups in total. The van der Waals surface area contributed by atoms with Crippen molar-refractivity contribution < 1.29 is 23.3 Å². The molecule has 0 aromatic heterocycles. The minimum absolute atomic E-state index is 0.263. The Hall–Kier alpha value is -3.03. The Morgan fingerprint density at radius 2 is 0.756 bits per heavy atom. The normalized spacial score (nSPS) is 24.2. The molecule has 236 valence electrons. The van der Waals surface area contributed by atoms with Gasteiger partial charge in [0.05, 0.1) is 52.9 Å². The lowest BCUT2D eigenvalue weighted by molar-refractivity contribution is 0.00556. The zero-order chi connectivity index (χ0) is 30.7. The fourth-order valence-corrected chi connectivity index (χ4v) is 16.7. The first-order chi connectivity index (χ1) is 22.2. The van der Waals surface area contributed by atoms with Crippen LogP contribution in [0.5, 0.6) is 0 Å². The Kier molecular flexibility index (Phi) is 11.0. The van der Waals surface area contributed by atoms with E-state index in [0.717, 1.165) is 22.0 Å². The number of ether oxygens (including phenoxy) is 3. The second-order valence-corrected chi connectivity index (χ2v) is 17.6. The molecule has 0 fully saturated rings. The maximum Gasteiger partial charge on any atom is 0.305 e. The maximum absolute atomic E-state index is 6.81. The van der Waals surface area contributed by atoms with Crippen LogP contribution in [0.1, 0.15) is 0 Å². The molecule has 0 radical (unpaired) electrons. The molecule has 2 atom stereocenters. The summed E-state index contributed by atoms with van der Waals surface area (Å²) >= 11 is 0. The highest BCUT2D eigenvalue weighted by Gasteiger charge is 2.41. The summed E-state index contributed by atoms with van der Waals surface area (Å²) in [6.07, 6.45) is 0. The minimum Gasteiger partial charge on any atom is -0.377 e. The van der Waals surface area contributed by atoms with Gasteiger partial charge in [-0.2, -0.15) is 13.5 Å². The number of para-hydroxylation sites is 2. The number of nitrogens with zero attached hydrogens (tertiary/aromatic N) is 3. The number of hydrogen-bond acceptors (Lipinski definition) is 10. The highest BCUT2D eigenvalue weighted by molar-refractivity contribution is 7.91. The van der Waals surface area contributed by atoms with E-state index in [1.807, 2.05) is 97.1 Å². The summed E-state index contributed by atoms with van der Waals surface area (Å²) < 4.78 is 47.7. The fourth-order valence-electron chi connectivity index (χ4n) is 4.80. The second kappa shape index (κ2) is 15.5. The van der Waals surface area contributed by atoms with Crippen LogP contribution in [0.2, 0.25) is 0 Å². The fraction of sp³-hybridized carbons (Fsp3) is 0.250. The molecule has 2 heterocycles. The molecule has 0 amide bonds. The number of anilines is 2. The van der Waals surface area contributed by atoms with E-state index in [0.29, 0.717) is 39.6 Å². The van der Waals surface area contributed by atoms with E-state index in [4.69, 9.17) is 36.8 Å². The van der Waals surface area contributed by atoms with Gasteiger partial charge >= 0.3 is 15.2 Å². The molecule has 45 heavy (non-hydrogen) atoms. The molecular formula is C32H38N5O5P3. The Bertz CT molecular complexity index is 1580. The number of benzene rings is 4. The third kappa shape index (κ3) is 8.23. The van der Waals surface area contributed by atoms with Crippen molar-refractivity contribution in [2.24, 2.45) is 13.5 Å². The summed E-state index contributed by atoms with van der Waals surface area (Å²) in [5.74, 6) is 0. The molecule has 2 aliphatic heterocycles. The van der Waals surface area contributed by atoms with Gasteiger partial charge in [0.15, 0.2) is 0 Å². The first kappa shape index (κ1) is 31.9. The van der Waals surface area contributed by atoms with Crippen LogP contribution in [0.4, 0.5) is 11.4 Å². The van der Waals surface area contributed by atoms with Crippen LogP contribution >= 0.6 is 22.4 Å². The molecule has 2 bridgehead atoms. The molecule has 6 rings (SSSR count). The van der Waals surface area contributed by atoms with Crippen molar-refractivity contribution in [3.05, 3.63) is 121 Å². The van der Waals surface area contributed by atoms with Crippen molar-refractivity contribution in [2.45, 2.75) is 0 Å². The number of hydrogen-bond donors (Lipinski definition) is 2. The van der Waals surface area contributed by atoms with Gasteiger partial charge in [0, 0.05) is 22.0 Å². The van der Waals surface area contributed by atoms with E-state index in [2.05, 4.69) is 34.4 Å². The molecule has 10 nitrogen and oxygen atoms in total. The van der Waals surface area contributed by atoms with Crippen molar-refractivity contribution in [3.8, 4) is 0 Å². The van der Waals surface area contributed by atoms with E-state index < -0.39 is 22.4 Å². The molecule has 0 aliphatic carbocycles. The summed E-state index contributed by atoms with van der Waals surface area (Å²) in [4.78, 5) is 0. The number of nitrogens with one attached hydrogen (secondary N) is 2. The van der Waals surface area contributed by atoms with Crippen LogP contribution in [0.15, 0.2) is 135 Å². The van der Waals surface area contributed by atoms with Gasteiger partial charge in [0.2, 0.25) is 0 Å². The number of fused-ring (bicyclic) bond motifs is 1. The van der Waals surface area contributed by atoms with Crippen LogP contribution in [-0.2, 0) is 23.3 Å². The highest BCUT2D eigenvalue weighted by atomic mass is 31.3. The third-order valence-electron chi connectivity index (χ3n) is 6.82. The van der Waals surface area contributed by atoms with Gasteiger partial charge in [0.1, 0.15) is 7.21 Å². The second-order valence-electron chi connectivity index (χ2n) is 10.1. The van der Waals surface area contributed by atoms with Gasteiger partial charge in [-0.25, -0.2) is 0 Å². The predicted molar refractivity (Wildman–Crippen MR) is 185 cm³/mol. The van der Waals surface area contributed by atoms with Gasteiger partial charge < -0.3 is 33.4 Å². The van der Waals surface area contributed by atoms with Crippen molar-refractivity contribution in [1.82, 2.24) is 0 Å². The van der Waals surface area contributed by atoms with E-state index >= 15 is 0 Å². The van der Waals surface area contributed by atoms with Crippen molar-refractivity contribution in [1.29, 1.82) is 0 Å². The smallest absolute Gasteiger partial charge is 0.305 e. The lowest BCUT2D eigenvalue weighted by Crippen LogP contribution is -2.19. The summed E-state index contributed by atoms with van der Waals surface area (Å²) in [6.45, 7) is 3.07. The van der Waals surface area contributed by atoms with Gasteiger partial charge in [-0.3, -0.25) is 0 Å². The van der Waals surface area contributed by atoms with E-state index in [1.54, 1.807) is 0 Å². The largest absolute Gasteiger partial charge is 0.377 e. The lowest BCUT2D eigenvalue weighted by Gasteiger charge is -2.36. The summed E-state index contributed by atoms with van der Waals surface area (Å²) in [5.41, 5.74) is 1.67. The Balaban J connectivity index is 1.63. The van der Waals surface area contributed by atoms with Crippen LogP contribution in [-0.4, -0.2) is 52.9 Å². The summed E-state index contributed by atoms with van der Waals surface area (Å²) in [7, 11) is -9.44. The average Bonchev–Trinajstić information content (AvgIpc) is 3.08. The molecular weight excluding hydrogens is 627 g/mol. The summed E-state index contributed by atoms with van der Waals surface area (Å²) in [6, 6.07) is 40.3. The molecule has 13 heteroatoms. The molecule has 4 aromatic rings. The Morgan fingerprint density at radius 3 is 1.18 bits per heavy atom. The third-order valence-corrected chi connectivity index (χ3v) is 17.0. The predicted octanol–water partition coefficient (Wildman–Crippen LogP) is 7.98. The zero-order valence-corrected chi connectivity index (χ0v) is 27.6. The zero-order valence-electron chi connectivity index (χ0n) is 24.9. The average molecular weight is 666 g/mol. The van der Waals surface area contributed by atoms with Gasteiger partial charge in [0.25, 0.3) is 0 Å². The Morgan fingerprint density at radius 1 is 0.400 bits per heavy atom. The SMILES string of the molecule is c1ccc(NP23=NP(Nc4ccccc4)(=NP(c4ccccc4)(c4ccccc4)=N2)OCCOCCOCCOCCO3)cc1. The topological polar surface area (TPSA) is 107 Å². The van der Waals surface area contributed by atoms with E-state index in [1.165, 1.54) is 0 Å². The lowest BCUT2D eigenvalue weighted by atomic mass is 10.3.